The van der Waals surface area contributed by atoms with E-state index in [1.165, 1.54) is 0 Å². The van der Waals surface area contributed by atoms with Gasteiger partial charge in [0.1, 0.15) is 17.5 Å². The number of aromatic nitrogens is 2. The minimum Gasteiger partial charge on any atom is -0.379 e. The van der Waals surface area contributed by atoms with E-state index in [1.807, 2.05) is 37.3 Å². The minimum absolute atomic E-state index is 0.689. The second-order valence-electron chi connectivity index (χ2n) is 5.70. The summed E-state index contributed by atoms with van der Waals surface area (Å²) in [4.78, 5) is 11.3. The molecule has 0 aliphatic carbocycles. The van der Waals surface area contributed by atoms with Crippen molar-refractivity contribution < 1.29 is 4.74 Å². The Balaban J connectivity index is 1.58. The Morgan fingerprint density at radius 1 is 1.17 bits per heavy atom. The molecule has 3 rings (SSSR count). The molecule has 0 unspecified atom stereocenters. The van der Waals surface area contributed by atoms with E-state index in [0.717, 1.165) is 62.5 Å². The lowest BCUT2D eigenvalue weighted by Crippen LogP contribution is -2.39. The molecule has 2 heterocycles. The van der Waals surface area contributed by atoms with Gasteiger partial charge in [0.15, 0.2) is 0 Å². The Hall–Kier alpha value is -1.89. The third-order valence-electron chi connectivity index (χ3n) is 3.77. The van der Waals surface area contributed by atoms with Crippen molar-refractivity contribution in [2.24, 2.45) is 0 Å². The van der Waals surface area contributed by atoms with Crippen LogP contribution in [0.3, 0.4) is 0 Å². The summed E-state index contributed by atoms with van der Waals surface area (Å²) in [5.74, 6) is 2.29. The van der Waals surface area contributed by atoms with Crippen LogP contribution in [0.15, 0.2) is 30.3 Å². The minimum atomic E-state index is 0.689. The van der Waals surface area contributed by atoms with Crippen molar-refractivity contribution in [3.8, 4) is 0 Å². The first-order valence-electron chi connectivity index (χ1n) is 8.11. The van der Waals surface area contributed by atoms with Gasteiger partial charge in [-0.15, -0.1) is 0 Å². The van der Waals surface area contributed by atoms with Crippen LogP contribution >= 0.6 is 11.6 Å². The van der Waals surface area contributed by atoms with Crippen molar-refractivity contribution in [1.29, 1.82) is 0 Å². The number of nitrogens with zero attached hydrogens (tertiary/aromatic N) is 3. The lowest BCUT2D eigenvalue weighted by Gasteiger charge is -2.26. The second-order valence-corrected chi connectivity index (χ2v) is 6.14. The number of morpholine rings is 1. The first-order chi connectivity index (χ1) is 11.7. The molecule has 0 spiro atoms. The van der Waals surface area contributed by atoms with Crippen LogP contribution in [0.4, 0.5) is 17.3 Å². The number of nitrogens with one attached hydrogen (secondary N) is 2. The number of hydrogen-bond acceptors (Lipinski definition) is 6. The Kier molecular flexibility index (Phi) is 5.85. The van der Waals surface area contributed by atoms with Gasteiger partial charge >= 0.3 is 0 Å². The Labute approximate surface area is 147 Å². The fraction of sp³-hybridized carbons (Fsp3) is 0.412. The van der Waals surface area contributed by atoms with E-state index in [1.54, 1.807) is 0 Å². The highest BCUT2D eigenvalue weighted by Crippen LogP contribution is 2.20. The molecule has 0 amide bonds. The molecule has 1 aromatic carbocycles. The van der Waals surface area contributed by atoms with Crippen LogP contribution in [0.25, 0.3) is 0 Å². The van der Waals surface area contributed by atoms with Crippen molar-refractivity contribution in [1.82, 2.24) is 14.9 Å². The first kappa shape index (κ1) is 17.0. The van der Waals surface area contributed by atoms with Gasteiger partial charge in [-0.2, -0.15) is 0 Å². The zero-order valence-corrected chi connectivity index (χ0v) is 14.5. The van der Waals surface area contributed by atoms with Crippen LogP contribution in [0.5, 0.6) is 0 Å². The quantitative estimate of drug-likeness (QED) is 0.837. The lowest BCUT2D eigenvalue weighted by molar-refractivity contribution is 0.0398. The van der Waals surface area contributed by atoms with E-state index >= 15 is 0 Å². The summed E-state index contributed by atoms with van der Waals surface area (Å²) >= 11 is 6.02. The van der Waals surface area contributed by atoms with E-state index < -0.39 is 0 Å². The van der Waals surface area contributed by atoms with Crippen molar-refractivity contribution in [3.63, 3.8) is 0 Å². The number of hydrogen-bond donors (Lipinski definition) is 2. The fourth-order valence-electron chi connectivity index (χ4n) is 2.60. The molecule has 0 radical (unpaired) electrons. The number of anilines is 3. The summed E-state index contributed by atoms with van der Waals surface area (Å²) in [5, 5.41) is 7.32. The average Bonchev–Trinajstić information content (AvgIpc) is 2.55. The molecule has 1 aliphatic heterocycles. The van der Waals surface area contributed by atoms with Crippen LogP contribution in [0, 0.1) is 6.92 Å². The van der Waals surface area contributed by atoms with E-state index in [-0.39, 0.29) is 0 Å². The summed E-state index contributed by atoms with van der Waals surface area (Å²) in [7, 11) is 0. The molecule has 1 fully saturated rings. The summed E-state index contributed by atoms with van der Waals surface area (Å²) < 4.78 is 5.36. The Morgan fingerprint density at radius 3 is 2.75 bits per heavy atom. The molecule has 0 saturated carbocycles. The van der Waals surface area contributed by atoms with Crippen molar-refractivity contribution >= 4 is 28.9 Å². The molecule has 128 valence electrons. The summed E-state index contributed by atoms with van der Waals surface area (Å²) in [6.45, 7) is 7.32. The molecule has 24 heavy (non-hydrogen) atoms. The van der Waals surface area contributed by atoms with Crippen molar-refractivity contribution in [2.75, 3.05) is 50.0 Å². The van der Waals surface area contributed by atoms with Crippen LogP contribution in [0.2, 0.25) is 5.02 Å². The molecular weight excluding hydrogens is 326 g/mol. The zero-order chi connectivity index (χ0) is 16.8. The normalized spacial score (nSPS) is 15.2. The van der Waals surface area contributed by atoms with Gasteiger partial charge < -0.3 is 15.4 Å². The molecule has 2 N–H and O–H groups in total. The molecule has 6 nitrogen and oxygen atoms in total. The van der Waals surface area contributed by atoms with E-state index in [4.69, 9.17) is 16.3 Å². The van der Waals surface area contributed by atoms with E-state index in [0.29, 0.717) is 5.02 Å². The zero-order valence-electron chi connectivity index (χ0n) is 13.8. The summed E-state index contributed by atoms with van der Waals surface area (Å²) in [6.07, 6.45) is 0. The molecule has 7 heteroatoms. The Morgan fingerprint density at radius 2 is 1.96 bits per heavy atom. The average molecular weight is 348 g/mol. The number of ether oxygens (including phenoxy) is 1. The monoisotopic (exact) mass is 347 g/mol. The number of aryl methyl sites for hydroxylation is 1. The highest BCUT2D eigenvalue weighted by molar-refractivity contribution is 6.30. The number of halogens is 1. The predicted octanol–water partition coefficient (Wildman–Crippen LogP) is 2.93. The smallest absolute Gasteiger partial charge is 0.136 e. The largest absolute Gasteiger partial charge is 0.379 e. The molecule has 0 atom stereocenters. The molecule has 1 aromatic heterocycles. The molecule has 2 aromatic rings. The van der Waals surface area contributed by atoms with E-state index in [9.17, 15) is 0 Å². The number of rotatable bonds is 6. The topological polar surface area (TPSA) is 62.3 Å². The van der Waals surface area contributed by atoms with Crippen molar-refractivity contribution in [3.05, 3.63) is 41.2 Å². The SMILES string of the molecule is Cc1nc(NCCN2CCOCC2)cc(Nc2cccc(Cl)c2)n1. The van der Waals surface area contributed by atoms with Gasteiger partial charge in [0.05, 0.1) is 13.2 Å². The van der Waals surface area contributed by atoms with Crippen LogP contribution in [-0.4, -0.2) is 54.3 Å². The molecule has 1 aliphatic rings. The fourth-order valence-corrected chi connectivity index (χ4v) is 2.79. The summed E-state index contributed by atoms with van der Waals surface area (Å²) in [5.41, 5.74) is 0.903. The molecule has 1 saturated heterocycles. The standard InChI is InChI=1S/C17H22ClN5O/c1-13-20-16(19-5-6-23-7-9-24-10-8-23)12-17(21-13)22-15-4-2-3-14(18)11-15/h2-4,11-12H,5-10H2,1H3,(H2,19,20,21,22). The van der Waals surface area contributed by atoms with Gasteiger partial charge in [0.25, 0.3) is 0 Å². The van der Waals surface area contributed by atoms with E-state index in [2.05, 4.69) is 25.5 Å². The Bertz CT molecular complexity index is 676. The predicted molar refractivity (Wildman–Crippen MR) is 97.3 cm³/mol. The maximum atomic E-state index is 6.02. The van der Waals surface area contributed by atoms with Crippen molar-refractivity contribution in [2.45, 2.75) is 6.92 Å². The maximum Gasteiger partial charge on any atom is 0.136 e. The van der Waals surface area contributed by atoms with Crippen LogP contribution < -0.4 is 10.6 Å². The summed E-state index contributed by atoms with van der Waals surface area (Å²) in [6, 6.07) is 9.48. The van der Waals surface area contributed by atoms with Gasteiger partial charge in [0.2, 0.25) is 0 Å². The van der Waals surface area contributed by atoms with Crippen LogP contribution in [-0.2, 0) is 4.74 Å². The lowest BCUT2D eigenvalue weighted by atomic mass is 10.3. The third kappa shape index (κ3) is 5.06. The van der Waals surface area contributed by atoms with Gasteiger partial charge in [0, 0.05) is 43.0 Å². The maximum absolute atomic E-state index is 6.02. The second kappa shape index (κ2) is 8.28. The molecular formula is C17H22ClN5O. The van der Waals surface area contributed by atoms with Gasteiger partial charge in [-0.3, -0.25) is 4.90 Å². The molecule has 0 bridgehead atoms. The first-order valence-corrected chi connectivity index (χ1v) is 8.49. The van der Waals surface area contributed by atoms with Gasteiger partial charge in [-0.05, 0) is 25.1 Å². The third-order valence-corrected chi connectivity index (χ3v) is 4.01. The highest BCUT2D eigenvalue weighted by Gasteiger charge is 2.09. The van der Waals surface area contributed by atoms with Crippen LogP contribution in [0.1, 0.15) is 5.82 Å². The van der Waals surface area contributed by atoms with Gasteiger partial charge in [-0.25, -0.2) is 9.97 Å². The highest BCUT2D eigenvalue weighted by atomic mass is 35.5. The number of benzene rings is 1. The van der Waals surface area contributed by atoms with Gasteiger partial charge in [-0.1, -0.05) is 17.7 Å².